The van der Waals surface area contributed by atoms with Crippen LogP contribution in [0.5, 0.6) is 5.75 Å². The van der Waals surface area contributed by atoms with Crippen LogP contribution in [0.25, 0.3) is 0 Å². The van der Waals surface area contributed by atoms with E-state index in [4.69, 9.17) is 16.3 Å². The van der Waals surface area contributed by atoms with Gasteiger partial charge in [-0.05, 0) is 44.5 Å². The Balaban J connectivity index is 2.13. The summed E-state index contributed by atoms with van der Waals surface area (Å²) in [6, 6.07) is 5.53. The van der Waals surface area contributed by atoms with E-state index < -0.39 is 0 Å². The normalized spacial score (nSPS) is 18.3. The minimum absolute atomic E-state index is 0.0239. The number of benzene rings is 1. The molecule has 1 aromatic rings. The van der Waals surface area contributed by atoms with Gasteiger partial charge in [-0.3, -0.25) is 4.79 Å². The summed E-state index contributed by atoms with van der Waals surface area (Å²) in [6.45, 7) is 4.44. The predicted molar refractivity (Wildman–Crippen MR) is 85.2 cm³/mol. The zero-order valence-electron chi connectivity index (χ0n) is 12.7. The second-order valence-corrected chi connectivity index (χ2v) is 5.77. The fourth-order valence-electron chi connectivity index (χ4n) is 2.72. The molecule has 5 heteroatoms. The van der Waals surface area contributed by atoms with E-state index in [9.17, 15) is 4.79 Å². The molecule has 0 saturated carbocycles. The molecular formula is C16H23ClN2O2. The molecule has 0 radical (unpaired) electrons. The minimum atomic E-state index is -0.0239. The first kappa shape index (κ1) is 16.1. The van der Waals surface area contributed by atoms with Crippen molar-refractivity contribution in [2.24, 2.45) is 0 Å². The monoisotopic (exact) mass is 310 g/mol. The lowest BCUT2D eigenvalue weighted by molar-refractivity contribution is 0.0738. The van der Waals surface area contributed by atoms with Gasteiger partial charge in [-0.15, -0.1) is 0 Å². The first-order chi connectivity index (χ1) is 10.2. The number of ether oxygens (including phenoxy) is 1. The van der Waals surface area contributed by atoms with Crippen molar-refractivity contribution in [2.75, 3.05) is 26.7 Å². The number of likely N-dealkylation sites (N-methyl/N-ethyl adjacent to an activating group) is 1. The van der Waals surface area contributed by atoms with Gasteiger partial charge in [0.25, 0.3) is 5.91 Å². The van der Waals surface area contributed by atoms with Crippen molar-refractivity contribution in [1.29, 1.82) is 0 Å². The highest BCUT2D eigenvalue weighted by Crippen LogP contribution is 2.24. The van der Waals surface area contributed by atoms with Gasteiger partial charge >= 0.3 is 0 Å². The Kier molecular flexibility index (Phi) is 5.88. The molecule has 1 aromatic carbocycles. The SMILES string of the molecule is CCN(CC1CCCCN1)C(=O)c1cc(Cl)ccc1OC. The Labute approximate surface area is 131 Å². The lowest BCUT2D eigenvalue weighted by Crippen LogP contribution is -2.45. The molecule has 0 bridgehead atoms. The van der Waals surface area contributed by atoms with Crippen LogP contribution >= 0.6 is 11.6 Å². The molecule has 21 heavy (non-hydrogen) atoms. The fraction of sp³-hybridized carbons (Fsp3) is 0.562. The van der Waals surface area contributed by atoms with E-state index in [1.807, 2.05) is 11.8 Å². The number of carbonyl (C=O) groups is 1. The van der Waals surface area contributed by atoms with Gasteiger partial charge in [0.05, 0.1) is 12.7 Å². The molecule has 1 fully saturated rings. The van der Waals surface area contributed by atoms with E-state index in [1.165, 1.54) is 12.8 Å². The third-order valence-electron chi connectivity index (χ3n) is 3.91. The van der Waals surface area contributed by atoms with E-state index in [2.05, 4.69) is 5.32 Å². The van der Waals surface area contributed by atoms with Crippen LogP contribution in [0.4, 0.5) is 0 Å². The standard InChI is InChI=1S/C16H23ClN2O2/c1-3-19(11-13-6-4-5-9-18-13)16(20)14-10-12(17)7-8-15(14)21-2/h7-8,10,13,18H,3-6,9,11H2,1-2H3. The molecule has 1 aliphatic heterocycles. The molecule has 4 nitrogen and oxygen atoms in total. The summed E-state index contributed by atoms with van der Waals surface area (Å²) in [4.78, 5) is 14.6. The number of hydrogen-bond donors (Lipinski definition) is 1. The zero-order valence-corrected chi connectivity index (χ0v) is 13.4. The number of rotatable bonds is 5. The molecule has 1 atom stereocenters. The quantitative estimate of drug-likeness (QED) is 0.909. The van der Waals surface area contributed by atoms with Crippen LogP contribution < -0.4 is 10.1 Å². The molecule has 1 aliphatic rings. The molecule has 1 amide bonds. The van der Waals surface area contributed by atoms with E-state index >= 15 is 0 Å². The predicted octanol–water partition coefficient (Wildman–Crippen LogP) is 2.95. The van der Waals surface area contributed by atoms with E-state index in [1.54, 1.807) is 25.3 Å². The maximum Gasteiger partial charge on any atom is 0.257 e. The Hall–Kier alpha value is -1.26. The third kappa shape index (κ3) is 4.11. The summed E-state index contributed by atoms with van der Waals surface area (Å²) < 4.78 is 5.28. The second kappa shape index (κ2) is 7.66. The van der Waals surface area contributed by atoms with Gasteiger partial charge in [-0.2, -0.15) is 0 Å². The number of piperidine rings is 1. The fourth-order valence-corrected chi connectivity index (χ4v) is 2.89. The molecule has 1 saturated heterocycles. The van der Waals surface area contributed by atoms with Crippen molar-refractivity contribution >= 4 is 17.5 Å². The molecule has 2 rings (SSSR count). The van der Waals surface area contributed by atoms with Crippen LogP contribution in [0, 0.1) is 0 Å². The highest BCUT2D eigenvalue weighted by atomic mass is 35.5. The average molecular weight is 311 g/mol. The molecule has 1 heterocycles. The first-order valence-electron chi connectivity index (χ1n) is 7.52. The minimum Gasteiger partial charge on any atom is -0.496 e. The van der Waals surface area contributed by atoms with Crippen molar-refractivity contribution < 1.29 is 9.53 Å². The van der Waals surface area contributed by atoms with E-state index in [-0.39, 0.29) is 5.91 Å². The summed E-state index contributed by atoms with van der Waals surface area (Å²) in [5.74, 6) is 0.545. The molecule has 0 spiro atoms. The molecule has 0 aromatic heterocycles. The topological polar surface area (TPSA) is 41.6 Å². The second-order valence-electron chi connectivity index (χ2n) is 5.34. The number of halogens is 1. The molecule has 1 unspecified atom stereocenters. The van der Waals surface area contributed by atoms with Crippen LogP contribution in [0.2, 0.25) is 5.02 Å². The zero-order chi connectivity index (χ0) is 15.2. The van der Waals surface area contributed by atoms with Gasteiger partial charge < -0.3 is 15.0 Å². The van der Waals surface area contributed by atoms with Crippen LogP contribution in [0.3, 0.4) is 0 Å². The van der Waals surface area contributed by atoms with Crippen molar-refractivity contribution in [3.05, 3.63) is 28.8 Å². The van der Waals surface area contributed by atoms with E-state index in [0.29, 0.717) is 28.9 Å². The maximum absolute atomic E-state index is 12.7. The van der Waals surface area contributed by atoms with Gasteiger partial charge in [0.2, 0.25) is 0 Å². The number of nitrogens with zero attached hydrogens (tertiary/aromatic N) is 1. The number of nitrogens with one attached hydrogen (secondary N) is 1. The third-order valence-corrected chi connectivity index (χ3v) is 4.15. The maximum atomic E-state index is 12.7. The first-order valence-corrected chi connectivity index (χ1v) is 7.89. The lowest BCUT2D eigenvalue weighted by atomic mass is 10.0. The molecule has 0 aliphatic carbocycles. The van der Waals surface area contributed by atoms with Gasteiger partial charge in [-0.1, -0.05) is 18.0 Å². The van der Waals surface area contributed by atoms with Crippen LogP contribution in [0.15, 0.2) is 18.2 Å². The highest BCUT2D eigenvalue weighted by Gasteiger charge is 2.22. The van der Waals surface area contributed by atoms with E-state index in [0.717, 1.165) is 19.5 Å². The summed E-state index contributed by atoms with van der Waals surface area (Å²) in [5.41, 5.74) is 0.530. The van der Waals surface area contributed by atoms with Crippen molar-refractivity contribution in [2.45, 2.75) is 32.2 Å². The highest BCUT2D eigenvalue weighted by molar-refractivity contribution is 6.31. The summed E-state index contributed by atoms with van der Waals surface area (Å²) in [5, 5.41) is 4.03. The largest absolute Gasteiger partial charge is 0.496 e. The molecule has 1 N–H and O–H groups in total. The van der Waals surface area contributed by atoms with Crippen molar-refractivity contribution in [1.82, 2.24) is 10.2 Å². The van der Waals surface area contributed by atoms with Crippen LogP contribution in [-0.2, 0) is 0 Å². The van der Waals surface area contributed by atoms with Crippen LogP contribution in [-0.4, -0.2) is 43.6 Å². The summed E-state index contributed by atoms with van der Waals surface area (Å²) >= 11 is 6.02. The number of hydrogen-bond acceptors (Lipinski definition) is 3. The Morgan fingerprint density at radius 3 is 2.90 bits per heavy atom. The number of amides is 1. The van der Waals surface area contributed by atoms with Crippen molar-refractivity contribution in [3.63, 3.8) is 0 Å². The van der Waals surface area contributed by atoms with Gasteiger partial charge in [0.15, 0.2) is 0 Å². The number of carbonyl (C=O) groups excluding carboxylic acids is 1. The van der Waals surface area contributed by atoms with Gasteiger partial charge in [0, 0.05) is 24.2 Å². The molecule has 116 valence electrons. The summed E-state index contributed by atoms with van der Waals surface area (Å²) in [6.07, 6.45) is 3.57. The average Bonchev–Trinajstić information content (AvgIpc) is 2.53. The number of methoxy groups -OCH3 is 1. The lowest BCUT2D eigenvalue weighted by Gasteiger charge is -2.30. The van der Waals surface area contributed by atoms with Gasteiger partial charge in [-0.25, -0.2) is 0 Å². The Morgan fingerprint density at radius 2 is 2.29 bits per heavy atom. The van der Waals surface area contributed by atoms with Gasteiger partial charge in [0.1, 0.15) is 5.75 Å². The summed E-state index contributed by atoms with van der Waals surface area (Å²) in [7, 11) is 1.57. The Morgan fingerprint density at radius 1 is 1.48 bits per heavy atom. The Bertz CT molecular complexity index is 487. The van der Waals surface area contributed by atoms with Crippen molar-refractivity contribution in [3.8, 4) is 5.75 Å². The smallest absolute Gasteiger partial charge is 0.257 e. The molecular weight excluding hydrogens is 288 g/mol. The van der Waals surface area contributed by atoms with Crippen LogP contribution in [0.1, 0.15) is 36.5 Å².